The quantitative estimate of drug-likeness (QED) is 0.816. The number of carbonyl (C=O) groups excluding carboxylic acids is 1. The molecule has 2 aromatic carbocycles. The van der Waals surface area contributed by atoms with Gasteiger partial charge in [0.2, 0.25) is 11.9 Å². The van der Waals surface area contributed by atoms with Gasteiger partial charge in [0, 0.05) is 18.7 Å². The van der Waals surface area contributed by atoms with Crippen molar-refractivity contribution in [2.45, 2.75) is 37.1 Å². The summed E-state index contributed by atoms with van der Waals surface area (Å²) < 4.78 is 27.6. The fourth-order valence-corrected chi connectivity index (χ4v) is 5.28. The normalized spacial score (nSPS) is 18.7. The first-order chi connectivity index (χ1) is 13.9. The van der Waals surface area contributed by atoms with E-state index in [1.807, 2.05) is 37.3 Å². The first-order valence-electron chi connectivity index (χ1n) is 9.76. The van der Waals surface area contributed by atoms with Gasteiger partial charge < -0.3 is 10.6 Å². The molecule has 8 heteroatoms. The molecule has 1 atom stereocenters. The van der Waals surface area contributed by atoms with Gasteiger partial charge in [-0.1, -0.05) is 37.3 Å². The van der Waals surface area contributed by atoms with E-state index in [1.54, 1.807) is 23.1 Å². The molecule has 0 bridgehead atoms. The highest BCUT2D eigenvalue weighted by atomic mass is 32.2. The van der Waals surface area contributed by atoms with Gasteiger partial charge in [-0.15, -0.1) is 0 Å². The summed E-state index contributed by atoms with van der Waals surface area (Å²) in [6.45, 7) is 2.73. The average molecular weight is 413 g/mol. The maximum Gasteiger partial charge on any atom is 0.266 e. The fourth-order valence-electron chi connectivity index (χ4n) is 3.87. The summed E-state index contributed by atoms with van der Waals surface area (Å²) in [5.74, 6) is 0.0718. The molecule has 0 aromatic heterocycles. The van der Waals surface area contributed by atoms with Crippen LogP contribution in [0.1, 0.15) is 36.9 Å². The van der Waals surface area contributed by atoms with Crippen molar-refractivity contribution in [1.29, 1.82) is 0 Å². The maximum absolute atomic E-state index is 13.2. The second kappa shape index (κ2) is 7.51. The number of rotatable bonds is 5. The molecule has 152 valence electrons. The van der Waals surface area contributed by atoms with E-state index >= 15 is 0 Å². The maximum atomic E-state index is 13.2. The van der Waals surface area contributed by atoms with Crippen LogP contribution in [0.5, 0.6) is 0 Å². The zero-order valence-corrected chi connectivity index (χ0v) is 17.1. The van der Waals surface area contributed by atoms with Crippen LogP contribution in [-0.2, 0) is 21.2 Å². The average Bonchev–Trinajstić information content (AvgIpc) is 3.32. The van der Waals surface area contributed by atoms with Crippen molar-refractivity contribution in [2.24, 2.45) is 10.7 Å². The lowest BCUT2D eigenvalue weighted by Crippen LogP contribution is -2.39. The zero-order chi connectivity index (χ0) is 20.6. The van der Waals surface area contributed by atoms with Crippen LogP contribution >= 0.6 is 0 Å². The van der Waals surface area contributed by atoms with E-state index in [0.29, 0.717) is 19.4 Å². The number of benzene rings is 2. The van der Waals surface area contributed by atoms with Crippen LogP contribution in [0.2, 0.25) is 0 Å². The van der Waals surface area contributed by atoms with Gasteiger partial charge in [0.1, 0.15) is 0 Å². The van der Waals surface area contributed by atoms with Gasteiger partial charge >= 0.3 is 0 Å². The third-order valence-electron chi connectivity index (χ3n) is 5.37. The lowest BCUT2D eigenvalue weighted by Gasteiger charge is -2.20. The van der Waals surface area contributed by atoms with Crippen molar-refractivity contribution in [3.8, 4) is 0 Å². The lowest BCUT2D eigenvalue weighted by atomic mass is 10.1. The first-order valence-corrected chi connectivity index (χ1v) is 11.2. The Hall–Kier alpha value is -2.87. The topological polar surface area (TPSA) is 96.1 Å². The van der Waals surface area contributed by atoms with Crippen molar-refractivity contribution in [3.05, 3.63) is 59.7 Å². The molecule has 2 aliphatic rings. The number of hydrogen-bond acceptors (Lipinski definition) is 5. The molecule has 29 heavy (non-hydrogen) atoms. The van der Waals surface area contributed by atoms with E-state index in [1.165, 1.54) is 4.31 Å². The highest BCUT2D eigenvalue weighted by Crippen LogP contribution is 2.33. The Morgan fingerprint density at radius 2 is 1.97 bits per heavy atom. The van der Waals surface area contributed by atoms with Gasteiger partial charge in [-0.05, 0) is 42.2 Å². The molecule has 2 N–H and O–H groups in total. The molecule has 0 saturated carbocycles. The van der Waals surface area contributed by atoms with Crippen molar-refractivity contribution >= 4 is 27.6 Å². The largest absolute Gasteiger partial charge is 0.369 e. The van der Waals surface area contributed by atoms with Crippen molar-refractivity contribution in [1.82, 2.24) is 4.31 Å². The molecular formula is C21H24N4O3S. The molecule has 0 radical (unpaired) electrons. The molecule has 0 saturated heterocycles. The number of aliphatic imine (C=N–C) groups is 1. The third-order valence-corrected chi connectivity index (χ3v) is 7.13. The highest BCUT2D eigenvalue weighted by molar-refractivity contribution is 7.89. The van der Waals surface area contributed by atoms with E-state index in [4.69, 9.17) is 5.73 Å². The lowest BCUT2D eigenvalue weighted by molar-refractivity contribution is -0.118. The van der Waals surface area contributed by atoms with Crippen molar-refractivity contribution < 1.29 is 13.2 Å². The summed E-state index contributed by atoms with van der Waals surface area (Å²) in [5, 5.41) is 0. The SMILES string of the molecule is CCCC(=O)N1CCc2cc(S(=O)(=O)N3C[C@@H](c4ccccc4)N=C3N)ccc21. The molecular weight excluding hydrogens is 388 g/mol. The van der Waals surface area contributed by atoms with Crippen LogP contribution in [0.3, 0.4) is 0 Å². The molecule has 0 fully saturated rings. The molecule has 4 rings (SSSR count). The van der Waals surface area contributed by atoms with E-state index in [-0.39, 0.29) is 29.3 Å². The zero-order valence-electron chi connectivity index (χ0n) is 16.3. The molecule has 0 aliphatic carbocycles. The fraction of sp³-hybridized carbons (Fsp3) is 0.333. The van der Waals surface area contributed by atoms with Crippen molar-refractivity contribution in [3.63, 3.8) is 0 Å². The van der Waals surface area contributed by atoms with Crippen LogP contribution in [0.25, 0.3) is 0 Å². The molecule has 2 aromatic rings. The van der Waals surface area contributed by atoms with Crippen LogP contribution < -0.4 is 10.6 Å². The van der Waals surface area contributed by atoms with Crippen LogP contribution in [0, 0.1) is 0 Å². The number of nitrogens with two attached hydrogens (primary N) is 1. The predicted octanol–water partition coefficient (Wildman–Crippen LogP) is 2.44. The van der Waals surface area contributed by atoms with E-state index in [2.05, 4.69) is 4.99 Å². The first kappa shape index (κ1) is 19.4. The Bertz CT molecular complexity index is 1070. The summed E-state index contributed by atoms with van der Waals surface area (Å²) in [7, 11) is -3.82. The Morgan fingerprint density at radius 1 is 1.21 bits per heavy atom. The van der Waals surface area contributed by atoms with Gasteiger partial charge in [-0.3, -0.25) is 4.79 Å². The van der Waals surface area contributed by atoms with Crippen LogP contribution in [0.15, 0.2) is 58.4 Å². The number of sulfonamides is 1. The minimum absolute atomic E-state index is 0.000832. The number of fused-ring (bicyclic) bond motifs is 1. The Morgan fingerprint density at radius 3 is 2.69 bits per heavy atom. The number of carbonyl (C=O) groups is 1. The molecule has 1 amide bonds. The van der Waals surface area contributed by atoms with E-state index < -0.39 is 10.0 Å². The summed E-state index contributed by atoms with van der Waals surface area (Å²) in [6, 6.07) is 14.1. The Labute approximate surface area is 170 Å². The summed E-state index contributed by atoms with van der Waals surface area (Å²) in [5.41, 5.74) is 8.57. The van der Waals surface area contributed by atoms with E-state index in [9.17, 15) is 13.2 Å². The monoisotopic (exact) mass is 412 g/mol. The number of hydrogen-bond donors (Lipinski definition) is 1. The minimum atomic E-state index is -3.82. The minimum Gasteiger partial charge on any atom is -0.369 e. The second-order valence-electron chi connectivity index (χ2n) is 7.29. The molecule has 2 aliphatic heterocycles. The van der Waals surface area contributed by atoms with E-state index in [0.717, 1.165) is 23.2 Å². The third kappa shape index (κ3) is 3.48. The predicted molar refractivity (Wildman–Crippen MR) is 112 cm³/mol. The van der Waals surface area contributed by atoms with Gasteiger partial charge in [0.05, 0.1) is 17.5 Å². The van der Waals surface area contributed by atoms with Gasteiger partial charge in [-0.2, -0.15) is 0 Å². The summed E-state index contributed by atoms with van der Waals surface area (Å²) >= 11 is 0. The number of anilines is 1. The molecule has 2 heterocycles. The molecule has 0 spiro atoms. The number of amides is 1. The van der Waals surface area contributed by atoms with Gasteiger partial charge in [0.25, 0.3) is 10.0 Å². The smallest absolute Gasteiger partial charge is 0.266 e. The van der Waals surface area contributed by atoms with Crippen LogP contribution in [-0.4, -0.2) is 37.7 Å². The molecule has 0 unspecified atom stereocenters. The van der Waals surface area contributed by atoms with Crippen LogP contribution in [0.4, 0.5) is 5.69 Å². The molecule has 7 nitrogen and oxygen atoms in total. The van der Waals surface area contributed by atoms with Crippen molar-refractivity contribution in [2.75, 3.05) is 18.0 Å². The van der Waals surface area contributed by atoms with Gasteiger partial charge in [-0.25, -0.2) is 17.7 Å². The number of guanidine groups is 1. The Kier molecular flexibility index (Phi) is 5.04. The number of nitrogens with zero attached hydrogens (tertiary/aromatic N) is 3. The summed E-state index contributed by atoms with van der Waals surface area (Å²) in [4.78, 5) is 18.5. The summed E-state index contributed by atoms with van der Waals surface area (Å²) in [6.07, 6.45) is 1.92. The van der Waals surface area contributed by atoms with Gasteiger partial charge in [0.15, 0.2) is 0 Å². The Balaban J connectivity index is 1.59. The second-order valence-corrected chi connectivity index (χ2v) is 9.15. The highest BCUT2D eigenvalue weighted by Gasteiger charge is 2.35. The standard InChI is InChI=1S/C21H24N4O3S/c1-2-6-20(26)24-12-11-16-13-17(9-10-19(16)24)29(27,28)25-14-18(23-21(25)22)15-7-4-3-5-8-15/h3-5,7-10,13,18H,2,6,11-12,14H2,1H3,(H2,22,23)/t18-/m0/s1.